The summed E-state index contributed by atoms with van der Waals surface area (Å²) in [5.74, 6) is 9.12. The normalized spacial score (nSPS) is 47.9. The molecule has 0 nitrogen and oxygen atoms in total. The molecule has 0 bridgehead atoms. The third-order valence-corrected chi connectivity index (χ3v) is 17.3. The van der Waals surface area contributed by atoms with Crippen LogP contribution < -0.4 is 0 Å². The summed E-state index contributed by atoms with van der Waals surface area (Å²) in [6.45, 7) is 18.8. The zero-order valence-electron chi connectivity index (χ0n) is 20.9. The molecule has 0 aliphatic heterocycles. The van der Waals surface area contributed by atoms with Crippen molar-refractivity contribution >= 4 is 8.07 Å². The first-order chi connectivity index (χ1) is 13.7. The smallest absolute Gasteiger partial charge is 0.0544 e. The third-order valence-electron chi connectivity index (χ3n) is 12.0. The third kappa shape index (κ3) is 3.82. The molecule has 8 unspecified atom stereocenters. The molecule has 0 N–H and O–H groups in total. The van der Waals surface area contributed by atoms with Crippen LogP contribution in [0.15, 0.2) is 0 Å². The van der Waals surface area contributed by atoms with E-state index in [2.05, 4.69) is 47.7 Å². The minimum atomic E-state index is -1.29. The zero-order valence-corrected chi connectivity index (χ0v) is 21.9. The van der Waals surface area contributed by atoms with Crippen molar-refractivity contribution in [2.75, 3.05) is 0 Å². The van der Waals surface area contributed by atoms with Crippen LogP contribution in [-0.4, -0.2) is 8.07 Å². The second kappa shape index (κ2) is 8.63. The van der Waals surface area contributed by atoms with Gasteiger partial charge in [-0.3, -0.25) is 0 Å². The quantitative estimate of drug-likeness (QED) is 0.401. The van der Waals surface area contributed by atoms with Gasteiger partial charge in [0.05, 0.1) is 8.07 Å². The van der Waals surface area contributed by atoms with E-state index in [0.717, 1.165) is 64.3 Å². The van der Waals surface area contributed by atoms with Gasteiger partial charge in [0, 0.05) is 0 Å². The number of rotatable bonds is 4. The molecule has 0 saturated heterocycles. The zero-order chi connectivity index (χ0) is 20.9. The molecule has 0 radical (unpaired) electrons. The lowest BCUT2D eigenvalue weighted by atomic mass is 9.68. The van der Waals surface area contributed by atoms with Crippen LogP contribution in [0.4, 0.5) is 0 Å². The van der Waals surface area contributed by atoms with Crippen molar-refractivity contribution in [3.63, 3.8) is 0 Å². The van der Waals surface area contributed by atoms with E-state index in [1.807, 2.05) is 0 Å². The van der Waals surface area contributed by atoms with Gasteiger partial charge in [0.2, 0.25) is 0 Å². The highest BCUT2D eigenvalue weighted by atomic mass is 28.3. The molecule has 0 spiro atoms. The predicted molar refractivity (Wildman–Crippen MR) is 131 cm³/mol. The first kappa shape index (κ1) is 22.4. The lowest BCUT2D eigenvalue weighted by Crippen LogP contribution is -2.44. The van der Waals surface area contributed by atoms with Gasteiger partial charge in [0.15, 0.2) is 0 Å². The molecule has 29 heavy (non-hydrogen) atoms. The predicted octanol–water partition coefficient (Wildman–Crippen LogP) is 9.04. The second-order valence-corrected chi connectivity index (χ2v) is 18.2. The van der Waals surface area contributed by atoms with Gasteiger partial charge in [0.25, 0.3) is 0 Å². The monoisotopic (exact) mass is 416 g/mol. The van der Waals surface area contributed by atoms with E-state index in [0.29, 0.717) is 0 Å². The van der Waals surface area contributed by atoms with Gasteiger partial charge in [-0.1, -0.05) is 99.1 Å². The summed E-state index contributed by atoms with van der Waals surface area (Å²) in [7, 11) is -1.29. The molecule has 168 valence electrons. The molecule has 10 atom stereocenters. The molecule has 4 rings (SSSR count). The number of hydrogen-bond donors (Lipinski definition) is 0. The maximum absolute atomic E-state index is 2.86. The largest absolute Gasteiger partial charge is 0.0689 e. The average molecular weight is 417 g/mol. The summed E-state index contributed by atoms with van der Waals surface area (Å²) < 4.78 is 0. The summed E-state index contributed by atoms with van der Waals surface area (Å²) >= 11 is 0. The highest BCUT2D eigenvalue weighted by Crippen LogP contribution is 2.64. The summed E-state index contributed by atoms with van der Waals surface area (Å²) in [5.41, 5.74) is 2.18. The Bertz CT molecular complexity index is 533. The summed E-state index contributed by atoms with van der Waals surface area (Å²) in [6, 6.07) is 0. The first-order valence-electron chi connectivity index (χ1n) is 13.7. The fourth-order valence-corrected chi connectivity index (χ4v) is 16.2. The fraction of sp³-hybridized carbons (Fsp3) is 1.00. The van der Waals surface area contributed by atoms with Crippen molar-refractivity contribution < 1.29 is 0 Å². The SMILES string of the molecule is CC(C1CCCCC1)C1CC([Si](C)(C)C2C(C)C(C)[C@@H](C)[C@H]2C)C2CCCCC12. The van der Waals surface area contributed by atoms with Crippen molar-refractivity contribution in [1.29, 1.82) is 0 Å². The molecule has 0 aromatic rings. The maximum Gasteiger partial charge on any atom is 0.0544 e. The van der Waals surface area contributed by atoms with Crippen LogP contribution in [-0.2, 0) is 0 Å². The van der Waals surface area contributed by atoms with Crippen LogP contribution in [0.5, 0.6) is 0 Å². The molecule has 0 amide bonds. The van der Waals surface area contributed by atoms with Crippen LogP contribution in [0.1, 0.15) is 98.8 Å². The van der Waals surface area contributed by atoms with Crippen molar-refractivity contribution in [2.45, 2.75) is 123 Å². The maximum atomic E-state index is 2.86. The minimum absolute atomic E-state index is 0.933. The Labute approximate surface area is 184 Å². The fourth-order valence-electron chi connectivity index (χ4n) is 10.0. The Hall–Kier alpha value is 0.217. The standard InChI is InChI=1S/C28H52Si/c1-18-19(2)21(4)28(20(18)3)29(6,7)27-17-26(24-15-11-12-16-25(24)27)22(5)23-13-9-8-10-14-23/h18-28H,8-17H2,1-7H3/t18-,19?,20-,21?,22?,24?,25?,26?,27?,28?/m1/s1. The number of fused-ring (bicyclic) bond motifs is 1. The van der Waals surface area contributed by atoms with Crippen LogP contribution in [0.25, 0.3) is 0 Å². The Morgan fingerprint density at radius 3 is 1.76 bits per heavy atom. The van der Waals surface area contributed by atoms with Crippen LogP contribution in [0.3, 0.4) is 0 Å². The van der Waals surface area contributed by atoms with E-state index < -0.39 is 8.07 Å². The lowest BCUT2D eigenvalue weighted by molar-refractivity contribution is 0.127. The van der Waals surface area contributed by atoms with E-state index in [1.165, 1.54) is 32.1 Å². The Morgan fingerprint density at radius 1 is 0.655 bits per heavy atom. The van der Waals surface area contributed by atoms with Gasteiger partial charge in [-0.25, -0.2) is 0 Å². The first-order valence-corrected chi connectivity index (χ1v) is 16.9. The number of hydrogen-bond acceptors (Lipinski definition) is 0. The second-order valence-electron chi connectivity index (χ2n) is 13.2. The van der Waals surface area contributed by atoms with E-state index >= 15 is 0 Å². The molecule has 4 aliphatic carbocycles. The minimum Gasteiger partial charge on any atom is -0.0689 e. The van der Waals surface area contributed by atoms with E-state index in [4.69, 9.17) is 0 Å². The molecule has 0 aromatic heterocycles. The van der Waals surface area contributed by atoms with Crippen LogP contribution in [0, 0.1) is 53.3 Å². The van der Waals surface area contributed by atoms with Gasteiger partial charge in [0.1, 0.15) is 0 Å². The average Bonchev–Trinajstić information content (AvgIpc) is 3.21. The lowest BCUT2D eigenvalue weighted by Gasteiger charge is -2.45. The summed E-state index contributed by atoms with van der Waals surface area (Å²) in [6.07, 6.45) is 15.5. The van der Waals surface area contributed by atoms with E-state index in [9.17, 15) is 0 Å². The van der Waals surface area contributed by atoms with Crippen molar-refractivity contribution in [1.82, 2.24) is 0 Å². The van der Waals surface area contributed by atoms with Crippen LogP contribution >= 0.6 is 0 Å². The Balaban J connectivity index is 1.58. The van der Waals surface area contributed by atoms with E-state index in [1.54, 1.807) is 32.1 Å². The topological polar surface area (TPSA) is 0 Å². The highest BCUT2D eigenvalue weighted by molar-refractivity contribution is 6.80. The van der Waals surface area contributed by atoms with Gasteiger partial charge in [-0.05, 0) is 77.2 Å². The molecule has 0 heterocycles. The van der Waals surface area contributed by atoms with Gasteiger partial charge < -0.3 is 0 Å². The van der Waals surface area contributed by atoms with Crippen molar-refractivity contribution in [3.05, 3.63) is 0 Å². The highest BCUT2D eigenvalue weighted by Gasteiger charge is 2.58. The van der Waals surface area contributed by atoms with Crippen LogP contribution in [0.2, 0.25) is 24.2 Å². The Kier molecular flexibility index (Phi) is 6.67. The van der Waals surface area contributed by atoms with Crippen molar-refractivity contribution in [3.8, 4) is 0 Å². The van der Waals surface area contributed by atoms with Gasteiger partial charge in [-0.2, -0.15) is 0 Å². The van der Waals surface area contributed by atoms with E-state index in [-0.39, 0.29) is 0 Å². The summed E-state index contributed by atoms with van der Waals surface area (Å²) in [5, 5.41) is 0. The van der Waals surface area contributed by atoms with Crippen molar-refractivity contribution in [2.24, 2.45) is 53.3 Å². The molecular formula is C28H52Si. The molecule has 0 aromatic carbocycles. The molecule has 4 aliphatic rings. The summed E-state index contributed by atoms with van der Waals surface area (Å²) in [4.78, 5) is 0. The molecule has 4 fully saturated rings. The molecule has 4 saturated carbocycles. The van der Waals surface area contributed by atoms with Gasteiger partial charge >= 0.3 is 0 Å². The molecular weight excluding hydrogens is 364 g/mol. The van der Waals surface area contributed by atoms with Gasteiger partial charge in [-0.15, -0.1) is 0 Å². The molecule has 1 heteroatoms. The Morgan fingerprint density at radius 2 is 1.17 bits per heavy atom.